The van der Waals surface area contributed by atoms with Crippen molar-refractivity contribution in [3.8, 4) is 0 Å². The highest BCUT2D eigenvalue weighted by molar-refractivity contribution is 6.09. The molecule has 3 aromatic rings. The van der Waals surface area contributed by atoms with E-state index in [0.717, 1.165) is 12.0 Å². The van der Waals surface area contributed by atoms with Crippen molar-refractivity contribution < 1.29 is 23.5 Å². The Bertz CT molecular complexity index is 1090. The summed E-state index contributed by atoms with van der Waals surface area (Å²) in [7, 11) is 1.23. The molecule has 0 saturated carbocycles. The first-order valence-electron chi connectivity index (χ1n) is 10.3. The number of ether oxygens (including phenoxy) is 1. The molecule has 9 heteroatoms. The van der Waals surface area contributed by atoms with Gasteiger partial charge in [0.2, 0.25) is 5.91 Å². The maximum Gasteiger partial charge on any atom is 0.325 e. The number of hydrogen-bond acceptors (Lipinski definition) is 7. The molecule has 0 saturated heterocycles. The Morgan fingerprint density at radius 3 is 2.42 bits per heavy atom. The number of benzene rings is 1. The number of nitrogens with one attached hydrogen (secondary N) is 1. The number of esters is 1. The van der Waals surface area contributed by atoms with Crippen LogP contribution in [0, 0.1) is 0 Å². The van der Waals surface area contributed by atoms with E-state index in [1.807, 2.05) is 12.1 Å². The predicted molar refractivity (Wildman–Crippen MR) is 120 cm³/mol. The molecule has 0 spiro atoms. The molecule has 0 fully saturated rings. The van der Waals surface area contributed by atoms with Crippen molar-refractivity contribution in [2.45, 2.75) is 32.2 Å². The average Bonchev–Trinajstić information content (AvgIpc) is 3.35. The van der Waals surface area contributed by atoms with E-state index in [-0.39, 0.29) is 17.7 Å². The van der Waals surface area contributed by atoms with Crippen LogP contribution in [0.3, 0.4) is 0 Å². The zero-order chi connectivity index (χ0) is 24.0. The summed E-state index contributed by atoms with van der Waals surface area (Å²) in [5.41, 5.74) is 1.92. The Morgan fingerprint density at radius 1 is 1.15 bits per heavy atom. The van der Waals surface area contributed by atoms with E-state index < -0.39 is 23.8 Å². The highest BCUT2D eigenvalue weighted by Gasteiger charge is 2.35. The minimum Gasteiger partial charge on any atom is -0.468 e. The summed E-state index contributed by atoms with van der Waals surface area (Å²) in [5.74, 6) is -1.74. The molecule has 1 N–H and O–H groups in total. The van der Waals surface area contributed by atoms with Gasteiger partial charge in [0.25, 0.3) is 5.91 Å². The topological polar surface area (TPSA) is 115 Å². The maximum atomic E-state index is 13.5. The first kappa shape index (κ1) is 23.6. The van der Waals surface area contributed by atoms with Crippen molar-refractivity contribution in [2.24, 2.45) is 0 Å². The van der Waals surface area contributed by atoms with Gasteiger partial charge in [0, 0.05) is 23.6 Å². The van der Waals surface area contributed by atoms with E-state index in [0.29, 0.717) is 11.3 Å². The predicted octanol–water partition coefficient (Wildman–Crippen LogP) is 3.04. The lowest BCUT2D eigenvalue weighted by Gasteiger charge is -2.31. The Labute approximate surface area is 191 Å². The second-order valence-corrected chi connectivity index (χ2v) is 8.33. The van der Waals surface area contributed by atoms with Gasteiger partial charge in [-0.2, -0.15) is 0 Å². The molecule has 0 bridgehead atoms. The minimum absolute atomic E-state index is 0.0320. The van der Waals surface area contributed by atoms with Gasteiger partial charge in [0.15, 0.2) is 12.1 Å². The first-order chi connectivity index (χ1) is 15.7. The van der Waals surface area contributed by atoms with Gasteiger partial charge >= 0.3 is 5.97 Å². The Balaban J connectivity index is 2.10. The highest BCUT2D eigenvalue weighted by atomic mass is 16.5. The molecule has 172 valence electrons. The Kier molecular flexibility index (Phi) is 7.22. The summed E-state index contributed by atoms with van der Waals surface area (Å²) in [5, 5.41) is 2.54. The Morgan fingerprint density at radius 2 is 1.88 bits per heavy atom. The fourth-order valence-corrected chi connectivity index (χ4v) is 3.23. The molecule has 0 aliphatic heterocycles. The molecular formula is C24H26N4O5. The standard InChI is InChI=1S/C24H26N4O5/c1-24(2,3)17-7-9-18(10-8-17)28(23(31)19-14-33-15-27-19)21(16-6-5-11-25-12-16)22(30)26-13-20(29)32-4/h5-12,14-15,21H,13H2,1-4H3,(H,26,30). The number of carbonyl (C=O) groups is 3. The quantitative estimate of drug-likeness (QED) is 0.550. The van der Waals surface area contributed by atoms with E-state index >= 15 is 0 Å². The minimum atomic E-state index is -1.13. The molecule has 33 heavy (non-hydrogen) atoms. The largest absolute Gasteiger partial charge is 0.468 e. The summed E-state index contributed by atoms with van der Waals surface area (Å²) >= 11 is 0. The maximum absolute atomic E-state index is 13.5. The van der Waals surface area contributed by atoms with Crippen LogP contribution in [0.5, 0.6) is 0 Å². The van der Waals surface area contributed by atoms with E-state index in [1.165, 1.54) is 24.5 Å². The summed E-state index contributed by atoms with van der Waals surface area (Å²) in [6.07, 6.45) is 5.42. The molecule has 1 atom stereocenters. The monoisotopic (exact) mass is 450 g/mol. The number of methoxy groups -OCH3 is 1. The normalized spacial score (nSPS) is 12.0. The lowest BCUT2D eigenvalue weighted by Crippen LogP contribution is -2.45. The smallest absolute Gasteiger partial charge is 0.325 e. The van der Waals surface area contributed by atoms with Gasteiger partial charge < -0.3 is 14.5 Å². The molecule has 2 aromatic heterocycles. The number of aromatic nitrogens is 2. The molecule has 2 amide bonds. The number of hydrogen-bond donors (Lipinski definition) is 1. The van der Waals surface area contributed by atoms with Gasteiger partial charge in [-0.15, -0.1) is 0 Å². The summed E-state index contributed by atoms with van der Waals surface area (Å²) in [6, 6.07) is 9.58. The fraction of sp³-hybridized carbons (Fsp3) is 0.292. The molecule has 1 unspecified atom stereocenters. The highest BCUT2D eigenvalue weighted by Crippen LogP contribution is 2.31. The van der Waals surface area contributed by atoms with Gasteiger partial charge in [-0.05, 0) is 29.2 Å². The van der Waals surface area contributed by atoms with E-state index in [1.54, 1.807) is 30.5 Å². The number of pyridine rings is 1. The van der Waals surface area contributed by atoms with Gasteiger partial charge in [0.1, 0.15) is 18.8 Å². The zero-order valence-corrected chi connectivity index (χ0v) is 18.9. The third kappa shape index (κ3) is 5.62. The second kappa shape index (κ2) is 10.1. The van der Waals surface area contributed by atoms with Crippen molar-refractivity contribution in [1.29, 1.82) is 0 Å². The SMILES string of the molecule is COC(=O)CNC(=O)C(c1cccnc1)N(C(=O)c1cocn1)c1ccc(C(C)(C)C)cc1. The summed E-state index contributed by atoms with van der Waals surface area (Å²) in [4.78, 5) is 47.8. The number of anilines is 1. The molecule has 0 radical (unpaired) electrons. The van der Waals surface area contributed by atoms with Gasteiger partial charge in [-0.3, -0.25) is 24.3 Å². The van der Waals surface area contributed by atoms with E-state index in [2.05, 4.69) is 40.8 Å². The Hall–Kier alpha value is -4.01. The average molecular weight is 450 g/mol. The third-order valence-electron chi connectivity index (χ3n) is 5.02. The molecule has 3 rings (SSSR count). The fourth-order valence-electron chi connectivity index (χ4n) is 3.23. The van der Waals surface area contributed by atoms with Crippen LogP contribution in [0.2, 0.25) is 0 Å². The van der Waals surface area contributed by atoms with Gasteiger partial charge in [-0.1, -0.05) is 39.0 Å². The lowest BCUT2D eigenvalue weighted by atomic mass is 9.87. The van der Waals surface area contributed by atoms with Crippen LogP contribution in [0.25, 0.3) is 0 Å². The summed E-state index contributed by atoms with van der Waals surface area (Å²) < 4.78 is 9.61. The van der Waals surface area contributed by atoms with Crippen LogP contribution >= 0.6 is 0 Å². The van der Waals surface area contributed by atoms with Gasteiger partial charge in [-0.25, -0.2) is 4.98 Å². The number of rotatable bonds is 7. The van der Waals surface area contributed by atoms with Crippen molar-refractivity contribution >= 4 is 23.5 Å². The van der Waals surface area contributed by atoms with Crippen LogP contribution in [0.4, 0.5) is 5.69 Å². The van der Waals surface area contributed by atoms with E-state index in [9.17, 15) is 14.4 Å². The zero-order valence-electron chi connectivity index (χ0n) is 18.9. The second-order valence-electron chi connectivity index (χ2n) is 8.33. The van der Waals surface area contributed by atoms with Crippen molar-refractivity contribution in [2.75, 3.05) is 18.6 Å². The van der Waals surface area contributed by atoms with Crippen LogP contribution in [-0.2, 0) is 19.7 Å². The number of carbonyl (C=O) groups excluding carboxylic acids is 3. The molecule has 0 aliphatic carbocycles. The van der Waals surface area contributed by atoms with Crippen LogP contribution < -0.4 is 10.2 Å². The molecule has 0 aliphatic rings. The molecule has 2 heterocycles. The van der Waals surface area contributed by atoms with Gasteiger partial charge in [0.05, 0.1) is 7.11 Å². The van der Waals surface area contributed by atoms with Crippen LogP contribution in [-0.4, -0.2) is 41.4 Å². The lowest BCUT2D eigenvalue weighted by molar-refractivity contribution is -0.141. The molecule has 1 aromatic carbocycles. The number of amides is 2. The van der Waals surface area contributed by atoms with Crippen molar-refractivity contribution in [1.82, 2.24) is 15.3 Å². The van der Waals surface area contributed by atoms with Crippen molar-refractivity contribution in [3.05, 3.63) is 78.3 Å². The molecule has 9 nitrogen and oxygen atoms in total. The van der Waals surface area contributed by atoms with Crippen LogP contribution in [0.15, 0.2) is 65.9 Å². The van der Waals surface area contributed by atoms with Crippen LogP contribution in [0.1, 0.15) is 48.4 Å². The summed E-state index contributed by atoms with van der Waals surface area (Å²) in [6.45, 7) is 5.90. The number of oxazole rings is 1. The third-order valence-corrected chi connectivity index (χ3v) is 5.02. The van der Waals surface area contributed by atoms with Crippen molar-refractivity contribution in [3.63, 3.8) is 0 Å². The first-order valence-corrected chi connectivity index (χ1v) is 10.3. The number of nitrogens with zero attached hydrogens (tertiary/aromatic N) is 3. The van der Waals surface area contributed by atoms with E-state index in [4.69, 9.17) is 4.42 Å². The molecular weight excluding hydrogens is 424 g/mol.